The van der Waals surface area contributed by atoms with Crippen LogP contribution < -0.4 is 0 Å². The van der Waals surface area contributed by atoms with Gasteiger partial charge in [0.15, 0.2) is 0 Å². The number of halogens is 2. The lowest BCUT2D eigenvalue weighted by Gasteiger charge is -2.25. The highest BCUT2D eigenvalue weighted by Gasteiger charge is 2.39. The van der Waals surface area contributed by atoms with E-state index in [2.05, 4.69) is 27.9 Å². The van der Waals surface area contributed by atoms with Crippen molar-refractivity contribution in [1.29, 1.82) is 0 Å². The summed E-state index contributed by atoms with van der Waals surface area (Å²) in [6.45, 7) is 1.04. The molecule has 0 aromatic heterocycles. The van der Waals surface area contributed by atoms with E-state index in [0.717, 1.165) is 19.3 Å². The topological polar surface area (TPSA) is 40.6 Å². The Morgan fingerprint density at radius 3 is 2.67 bits per heavy atom. The molecule has 4 nitrogen and oxygen atoms in total. The molecule has 0 spiro atoms. The molecule has 1 aromatic rings. The van der Waals surface area contributed by atoms with Gasteiger partial charge < -0.3 is 0 Å². The van der Waals surface area contributed by atoms with Crippen molar-refractivity contribution < 1.29 is 12.8 Å². The fraction of sp³-hybridized carbons (Fsp3) is 0.571. The second-order valence-corrected chi connectivity index (χ2v) is 8.54. The summed E-state index contributed by atoms with van der Waals surface area (Å²) in [6, 6.07) is 4.48. The summed E-state index contributed by atoms with van der Waals surface area (Å²) in [6.07, 6.45) is 3.04. The standard InChI is InChI=1S/C14H18BrFN2O2S/c1-17-11-3-4-12(17)9-18(7-6-11)21(19,20)14-5-2-10(16)8-13(14)15/h2,5,8,11-12H,3-4,6-7,9H2,1H3. The van der Waals surface area contributed by atoms with E-state index in [1.54, 1.807) is 4.31 Å². The smallest absolute Gasteiger partial charge is 0.244 e. The number of benzene rings is 1. The zero-order valence-corrected chi connectivity index (χ0v) is 14.2. The van der Waals surface area contributed by atoms with Gasteiger partial charge >= 0.3 is 0 Å². The van der Waals surface area contributed by atoms with E-state index in [9.17, 15) is 12.8 Å². The summed E-state index contributed by atoms with van der Waals surface area (Å²) in [7, 11) is -1.51. The Hall–Kier alpha value is -0.500. The maximum atomic E-state index is 13.2. The summed E-state index contributed by atoms with van der Waals surface area (Å²) < 4.78 is 40.6. The number of hydrogen-bond donors (Lipinski definition) is 0. The summed E-state index contributed by atoms with van der Waals surface area (Å²) in [5.74, 6) is -0.449. The van der Waals surface area contributed by atoms with Crippen molar-refractivity contribution in [2.24, 2.45) is 0 Å². The molecular weight excluding hydrogens is 359 g/mol. The molecule has 2 fully saturated rings. The predicted octanol–water partition coefficient (Wildman–Crippen LogP) is 2.45. The molecule has 2 bridgehead atoms. The fourth-order valence-electron chi connectivity index (χ4n) is 3.32. The van der Waals surface area contributed by atoms with Crippen LogP contribution in [0.25, 0.3) is 0 Å². The number of hydrogen-bond acceptors (Lipinski definition) is 3. The average molecular weight is 377 g/mol. The van der Waals surface area contributed by atoms with E-state index in [1.165, 1.54) is 18.2 Å². The van der Waals surface area contributed by atoms with Crippen molar-refractivity contribution in [1.82, 2.24) is 9.21 Å². The van der Waals surface area contributed by atoms with Gasteiger partial charge in [0.1, 0.15) is 5.82 Å². The Labute approximate surface area is 133 Å². The third-order valence-electron chi connectivity index (χ3n) is 4.62. The molecule has 7 heteroatoms. The largest absolute Gasteiger partial charge is 0.299 e. The second kappa shape index (κ2) is 5.61. The van der Waals surface area contributed by atoms with Crippen molar-refractivity contribution in [2.75, 3.05) is 20.1 Å². The molecule has 2 heterocycles. The predicted molar refractivity (Wildman–Crippen MR) is 82.0 cm³/mol. The Morgan fingerprint density at radius 2 is 1.95 bits per heavy atom. The SMILES string of the molecule is CN1C2CCC1CN(S(=O)(=O)c1ccc(F)cc1Br)CC2. The number of sulfonamides is 1. The van der Waals surface area contributed by atoms with Crippen LogP contribution in [0.4, 0.5) is 4.39 Å². The first-order chi connectivity index (χ1) is 9.89. The fourth-order valence-corrected chi connectivity index (χ4v) is 5.82. The van der Waals surface area contributed by atoms with Crippen LogP contribution in [0.3, 0.4) is 0 Å². The van der Waals surface area contributed by atoms with Gasteiger partial charge in [-0.1, -0.05) is 0 Å². The highest BCUT2D eigenvalue weighted by Crippen LogP contribution is 2.32. The van der Waals surface area contributed by atoms with Crippen LogP contribution in [-0.2, 0) is 10.0 Å². The number of fused-ring (bicyclic) bond motifs is 2. The quantitative estimate of drug-likeness (QED) is 0.795. The summed E-state index contributed by atoms with van der Waals surface area (Å²) >= 11 is 3.17. The van der Waals surface area contributed by atoms with E-state index in [0.29, 0.717) is 19.1 Å². The first-order valence-electron chi connectivity index (χ1n) is 7.07. The van der Waals surface area contributed by atoms with Gasteiger partial charge in [-0.2, -0.15) is 4.31 Å². The van der Waals surface area contributed by atoms with E-state index in [-0.39, 0.29) is 15.4 Å². The zero-order valence-electron chi connectivity index (χ0n) is 11.8. The lowest BCUT2D eigenvalue weighted by atomic mass is 10.1. The molecule has 0 saturated carbocycles. The van der Waals surface area contributed by atoms with Crippen molar-refractivity contribution in [2.45, 2.75) is 36.2 Å². The van der Waals surface area contributed by atoms with Crippen molar-refractivity contribution in [3.8, 4) is 0 Å². The highest BCUT2D eigenvalue weighted by molar-refractivity contribution is 9.10. The molecule has 0 aliphatic carbocycles. The zero-order chi connectivity index (χ0) is 15.2. The van der Waals surface area contributed by atoms with Gasteiger partial charge in [0.05, 0.1) is 4.90 Å². The molecule has 2 unspecified atom stereocenters. The van der Waals surface area contributed by atoms with Crippen LogP contribution in [0, 0.1) is 5.82 Å². The molecule has 2 atom stereocenters. The summed E-state index contributed by atoms with van der Waals surface area (Å²) in [5.41, 5.74) is 0. The Kier molecular flexibility index (Phi) is 4.11. The molecule has 2 aliphatic rings. The van der Waals surface area contributed by atoms with Gasteiger partial charge in [-0.3, -0.25) is 4.90 Å². The van der Waals surface area contributed by atoms with Crippen molar-refractivity contribution in [3.05, 3.63) is 28.5 Å². The monoisotopic (exact) mass is 376 g/mol. The van der Waals surface area contributed by atoms with Crippen LogP contribution in [-0.4, -0.2) is 49.8 Å². The molecule has 0 amide bonds. The third kappa shape index (κ3) is 2.76. The van der Waals surface area contributed by atoms with Gasteiger partial charge in [-0.05, 0) is 60.4 Å². The minimum atomic E-state index is -3.59. The molecule has 116 valence electrons. The van der Waals surface area contributed by atoms with E-state index in [4.69, 9.17) is 0 Å². The van der Waals surface area contributed by atoms with Crippen molar-refractivity contribution >= 4 is 26.0 Å². The van der Waals surface area contributed by atoms with E-state index in [1.807, 2.05) is 0 Å². The molecule has 0 radical (unpaired) electrons. The number of nitrogens with zero attached hydrogens (tertiary/aromatic N) is 2. The highest BCUT2D eigenvalue weighted by atomic mass is 79.9. The molecule has 3 rings (SSSR count). The van der Waals surface area contributed by atoms with Crippen LogP contribution in [0.1, 0.15) is 19.3 Å². The summed E-state index contributed by atoms with van der Waals surface area (Å²) in [4.78, 5) is 2.44. The Bertz CT molecular complexity index is 652. The average Bonchev–Trinajstić information content (AvgIpc) is 2.61. The minimum Gasteiger partial charge on any atom is -0.299 e. The molecule has 2 aliphatic heterocycles. The lowest BCUT2D eigenvalue weighted by molar-refractivity contribution is 0.246. The van der Waals surface area contributed by atoms with Gasteiger partial charge in [0, 0.05) is 29.6 Å². The molecule has 1 aromatic carbocycles. The van der Waals surface area contributed by atoms with Crippen LogP contribution in [0.5, 0.6) is 0 Å². The lowest BCUT2D eigenvalue weighted by Crippen LogP contribution is -2.39. The molecular formula is C14H18BrFN2O2S. The van der Waals surface area contributed by atoms with Crippen molar-refractivity contribution in [3.63, 3.8) is 0 Å². The van der Waals surface area contributed by atoms with Gasteiger partial charge in [0.25, 0.3) is 0 Å². The Morgan fingerprint density at radius 1 is 1.24 bits per heavy atom. The minimum absolute atomic E-state index is 0.143. The normalized spacial score (nSPS) is 27.8. The number of rotatable bonds is 2. The summed E-state index contributed by atoms with van der Waals surface area (Å²) in [5, 5.41) is 0. The first-order valence-corrected chi connectivity index (χ1v) is 9.30. The van der Waals surface area contributed by atoms with E-state index < -0.39 is 15.8 Å². The van der Waals surface area contributed by atoms with Gasteiger partial charge in [-0.15, -0.1) is 0 Å². The Balaban J connectivity index is 1.91. The maximum Gasteiger partial charge on any atom is 0.244 e. The van der Waals surface area contributed by atoms with Crippen LogP contribution in [0.2, 0.25) is 0 Å². The first kappa shape index (κ1) is 15.4. The molecule has 0 N–H and O–H groups in total. The second-order valence-electron chi connectivity index (χ2n) is 5.78. The third-order valence-corrected chi connectivity index (χ3v) is 7.46. The van der Waals surface area contributed by atoms with Crippen LogP contribution in [0.15, 0.2) is 27.6 Å². The number of likely N-dealkylation sites (N-methyl/N-ethyl adjacent to an activating group) is 1. The maximum absolute atomic E-state index is 13.2. The molecule has 21 heavy (non-hydrogen) atoms. The van der Waals surface area contributed by atoms with E-state index >= 15 is 0 Å². The molecule has 2 saturated heterocycles. The van der Waals surface area contributed by atoms with Gasteiger partial charge in [0.2, 0.25) is 10.0 Å². The van der Waals surface area contributed by atoms with Crippen LogP contribution >= 0.6 is 15.9 Å². The van der Waals surface area contributed by atoms with Gasteiger partial charge in [-0.25, -0.2) is 12.8 Å².